The van der Waals surface area contributed by atoms with E-state index >= 15 is 0 Å². The molecule has 3 aromatic carbocycles. The van der Waals surface area contributed by atoms with E-state index in [-0.39, 0.29) is 5.75 Å². The highest BCUT2D eigenvalue weighted by atomic mass is 16.3. The smallest absolute Gasteiger partial charge is 0.312 e. The van der Waals surface area contributed by atoms with Crippen molar-refractivity contribution in [3.05, 3.63) is 77.4 Å². The average Bonchev–Trinajstić information content (AvgIpc) is 2.53. The van der Waals surface area contributed by atoms with Gasteiger partial charge in [0.15, 0.2) is 0 Å². The van der Waals surface area contributed by atoms with Crippen LogP contribution in [0.25, 0.3) is 10.8 Å². The van der Waals surface area contributed by atoms with Gasteiger partial charge in [0.1, 0.15) is 5.75 Å². The molecule has 2 amide bonds. The van der Waals surface area contributed by atoms with Crippen LogP contribution in [-0.4, -0.2) is 11.1 Å². The van der Waals surface area contributed by atoms with Crippen LogP contribution < -0.4 is 11.1 Å². The molecule has 4 N–H and O–H groups in total. The number of carbonyl (C=O) groups excluding carboxylic acids is 1. The van der Waals surface area contributed by atoms with Crippen LogP contribution in [0.1, 0.15) is 22.7 Å². The number of nitrogens with one attached hydrogen (secondary N) is 1. The van der Waals surface area contributed by atoms with Gasteiger partial charge < -0.3 is 16.2 Å². The van der Waals surface area contributed by atoms with Crippen LogP contribution in [0.3, 0.4) is 0 Å². The fraction of sp³-hybridized carbons (Fsp3) is 0.105. The zero-order valence-electron chi connectivity index (χ0n) is 12.8. The Labute approximate surface area is 134 Å². The Morgan fingerprint density at radius 2 is 1.74 bits per heavy atom. The number of amides is 2. The lowest BCUT2D eigenvalue weighted by Crippen LogP contribution is -2.34. The Morgan fingerprint density at radius 1 is 1.04 bits per heavy atom. The number of nitrogens with two attached hydrogens (primary N) is 1. The molecule has 0 bridgehead atoms. The monoisotopic (exact) mass is 306 g/mol. The van der Waals surface area contributed by atoms with Crippen LogP contribution in [0.2, 0.25) is 0 Å². The van der Waals surface area contributed by atoms with Crippen LogP contribution in [0.15, 0.2) is 60.7 Å². The third-order valence-electron chi connectivity index (χ3n) is 4.02. The zero-order valence-corrected chi connectivity index (χ0v) is 12.8. The molecule has 4 heteroatoms. The summed E-state index contributed by atoms with van der Waals surface area (Å²) >= 11 is 0. The quantitative estimate of drug-likeness (QED) is 0.691. The van der Waals surface area contributed by atoms with Gasteiger partial charge in [0.25, 0.3) is 0 Å². The van der Waals surface area contributed by atoms with E-state index in [2.05, 4.69) is 5.32 Å². The Balaban J connectivity index is 2.28. The molecule has 0 spiro atoms. The minimum absolute atomic E-state index is 0.130. The van der Waals surface area contributed by atoms with Gasteiger partial charge in [0.05, 0.1) is 6.04 Å². The van der Waals surface area contributed by atoms with Gasteiger partial charge in [-0.15, -0.1) is 0 Å². The van der Waals surface area contributed by atoms with E-state index in [0.29, 0.717) is 5.56 Å². The molecule has 3 aromatic rings. The fourth-order valence-corrected chi connectivity index (χ4v) is 2.95. The minimum Gasteiger partial charge on any atom is -0.508 e. The molecule has 116 valence electrons. The van der Waals surface area contributed by atoms with Crippen molar-refractivity contribution in [2.75, 3.05) is 0 Å². The number of phenols is 1. The number of hydrogen-bond donors (Lipinski definition) is 3. The van der Waals surface area contributed by atoms with E-state index in [1.165, 1.54) is 0 Å². The first-order valence-corrected chi connectivity index (χ1v) is 7.40. The molecule has 0 radical (unpaired) electrons. The summed E-state index contributed by atoms with van der Waals surface area (Å²) in [5.41, 5.74) is 7.94. The minimum atomic E-state index is -0.634. The van der Waals surface area contributed by atoms with Crippen molar-refractivity contribution in [1.82, 2.24) is 5.32 Å². The highest BCUT2D eigenvalue weighted by molar-refractivity contribution is 5.89. The number of aromatic hydroxyl groups is 1. The number of aryl methyl sites for hydroxylation is 1. The highest BCUT2D eigenvalue weighted by Crippen LogP contribution is 2.36. The predicted molar refractivity (Wildman–Crippen MR) is 91.4 cm³/mol. The summed E-state index contributed by atoms with van der Waals surface area (Å²) in [4.78, 5) is 11.5. The van der Waals surface area contributed by atoms with E-state index in [4.69, 9.17) is 5.73 Å². The van der Waals surface area contributed by atoms with Crippen LogP contribution in [0.4, 0.5) is 4.79 Å². The summed E-state index contributed by atoms with van der Waals surface area (Å²) in [6, 6.07) is 17.8. The van der Waals surface area contributed by atoms with E-state index in [1.807, 2.05) is 61.5 Å². The Hall–Kier alpha value is -3.01. The molecule has 0 aliphatic rings. The Bertz CT molecular complexity index is 874. The van der Waals surface area contributed by atoms with Crippen LogP contribution in [-0.2, 0) is 0 Å². The maximum Gasteiger partial charge on any atom is 0.312 e. The lowest BCUT2D eigenvalue weighted by Gasteiger charge is -2.23. The van der Waals surface area contributed by atoms with E-state index in [0.717, 1.165) is 21.9 Å². The van der Waals surface area contributed by atoms with Gasteiger partial charge in [-0.2, -0.15) is 0 Å². The molecule has 3 rings (SSSR count). The molecular formula is C19H18N2O2. The molecule has 0 saturated heterocycles. The molecule has 0 aliphatic carbocycles. The number of phenolic OH excluding ortho intramolecular Hbond substituents is 1. The fourth-order valence-electron chi connectivity index (χ4n) is 2.95. The molecule has 0 heterocycles. The number of urea groups is 1. The number of carbonyl (C=O) groups is 1. The molecule has 1 unspecified atom stereocenters. The molecule has 0 aromatic heterocycles. The van der Waals surface area contributed by atoms with Gasteiger partial charge in [0.2, 0.25) is 0 Å². The summed E-state index contributed by atoms with van der Waals surface area (Å²) in [5.74, 6) is 0.130. The van der Waals surface area contributed by atoms with Crippen molar-refractivity contribution in [3.8, 4) is 5.75 Å². The normalized spacial score (nSPS) is 12.0. The maximum atomic E-state index is 11.5. The molecule has 1 atom stereocenters. The van der Waals surface area contributed by atoms with Crippen molar-refractivity contribution >= 4 is 16.8 Å². The van der Waals surface area contributed by atoms with E-state index in [9.17, 15) is 9.90 Å². The summed E-state index contributed by atoms with van der Waals surface area (Å²) in [6.07, 6.45) is 0. The molecule has 0 saturated carbocycles. The largest absolute Gasteiger partial charge is 0.508 e. The lowest BCUT2D eigenvalue weighted by molar-refractivity contribution is 0.246. The second kappa shape index (κ2) is 6.01. The molecule has 0 aliphatic heterocycles. The van der Waals surface area contributed by atoms with Gasteiger partial charge in [-0.3, -0.25) is 0 Å². The van der Waals surface area contributed by atoms with Crippen molar-refractivity contribution < 1.29 is 9.90 Å². The van der Waals surface area contributed by atoms with E-state index in [1.54, 1.807) is 6.07 Å². The van der Waals surface area contributed by atoms with Crippen LogP contribution in [0.5, 0.6) is 5.75 Å². The predicted octanol–water partition coefficient (Wildman–Crippen LogP) is 3.61. The summed E-state index contributed by atoms with van der Waals surface area (Å²) in [7, 11) is 0. The second-order valence-electron chi connectivity index (χ2n) is 5.52. The summed E-state index contributed by atoms with van der Waals surface area (Å²) in [5, 5.41) is 15.1. The first kappa shape index (κ1) is 14.9. The molecular weight excluding hydrogens is 288 g/mol. The molecule has 23 heavy (non-hydrogen) atoms. The van der Waals surface area contributed by atoms with Crippen LogP contribution >= 0.6 is 0 Å². The topological polar surface area (TPSA) is 75.3 Å². The third kappa shape index (κ3) is 2.83. The number of hydrogen-bond acceptors (Lipinski definition) is 2. The van der Waals surface area contributed by atoms with Gasteiger partial charge in [-0.1, -0.05) is 54.6 Å². The first-order valence-electron chi connectivity index (χ1n) is 7.40. The number of primary amides is 1. The summed E-state index contributed by atoms with van der Waals surface area (Å²) in [6.45, 7) is 1.97. The van der Waals surface area contributed by atoms with Gasteiger partial charge in [-0.05, 0) is 34.9 Å². The van der Waals surface area contributed by atoms with Gasteiger partial charge >= 0.3 is 6.03 Å². The lowest BCUT2D eigenvalue weighted by atomic mass is 9.90. The number of fused-ring (bicyclic) bond motifs is 1. The molecule has 4 nitrogen and oxygen atoms in total. The maximum absolute atomic E-state index is 11.5. The van der Waals surface area contributed by atoms with E-state index < -0.39 is 12.1 Å². The summed E-state index contributed by atoms with van der Waals surface area (Å²) < 4.78 is 0. The van der Waals surface area contributed by atoms with Crippen molar-refractivity contribution in [2.24, 2.45) is 5.73 Å². The van der Waals surface area contributed by atoms with Crippen molar-refractivity contribution in [3.63, 3.8) is 0 Å². The highest BCUT2D eigenvalue weighted by Gasteiger charge is 2.22. The third-order valence-corrected chi connectivity index (χ3v) is 4.02. The van der Waals surface area contributed by atoms with Gasteiger partial charge in [0, 0.05) is 5.56 Å². The average molecular weight is 306 g/mol. The Morgan fingerprint density at radius 3 is 2.48 bits per heavy atom. The second-order valence-corrected chi connectivity index (χ2v) is 5.52. The zero-order chi connectivity index (χ0) is 16.4. The number of benzene rings is 3. The first-order chi connectivity index (χ1) is 11.1. The van der Waals surface area contributed by atoms with Crippen LogP contribution in [0, 0.1) is 6.92 Å². The van der Waals surface area contributed by atoms with Gasteiger partial charge in [-0.25, -0.2) is 4.79 Å². The van der Waals surface area contributed by atoms with Crippen molar-refractivity contribution in [1.29, 1.82) is 0 Å². The SMILES string of the molecule is Cc1ccccc1C(NC(N)=O)c1c(O)ccc2ccccc12. The Kier molecular flexibility index (Phi) is 3.89. The van der Waals surface area contributed by atoms with Crippen molar-refractivity contribution in [2.45, 2.75) is 13.0 Å². The molecule has 0 fully saturated rings. The number of rotatable bonds is 3. The standard InChI is InChI=1S/C19H18N2O2/c1-12-6-2-4-8-14(12)18(21-19(20)23)17-15-9-5-3-7-13(15)10-11-16(17)22/h2-11,18,22H,1H3,(H3,20,21,23).